The highest BCUT2D eigenvalue weighted by Gasteiger charge is 2.44. The minimum Gasteiger partial charge on any atom is -0.466 e. The number of carbonyl (C=O) groups is 2. The smallest absolute Gasteiger partial charge is 0.310 e. The van der Waals surface area contributed by atoms with Gasteiger partial charge in [-0.25, -0.2) is 4.39 Å². The van der Waals surface area contributed by atoms with Gasteiger partial charge in [0.2, 0.25) is 0 Å². The molecule has 1 fully saturated rings. The third-order valence-corrected chi connectivity index (χ3v) is 4.44. The molecule has 0 saturated carbocycles. The van der Waals surface area contributed by atoms with Crippen LogP contribution in [0.2, 0.25) is 0 Å². The Morgan fingerprint density at radius 1 is 1.12 bits per heavy atom. The van der Waals surface area contributed by atoms with Gasteiger partial charge in [0.1, 0.15) is 5.82 Å². The Morgan fingerprint density at radius 3 is 2.17 bits per heavy atom. The number of carbonyl (C=O) groups excluding carboxylic acids is 2. The van der Waals surface area contributed by atoms with Crippen molar-refractivity contribution in [2.45, 2.75) is 26.7 Å². The molecule has 0 aromatic heterocycles. The molecule has 0 bridgehead atoms. The lowest BCUT2D eigenvalue weighted by atomic mass is 9.73. The zero-order valence-corrected chi connectivity index (χ0v) is 14.3. The average Bonchev–Trinajstić information content (AvgIpc) is 2.57. The van der Waals surface area contributed by atoms with Gasteiger partial charge in [0.15, 0.2) is 0 Å². The van der Waals surface area contributed by atoms with Crippen molar-refractivity contribution in [1.29, 1.82) is 0 Å². The van der Waals surface area contributed by atoms with Crippen LogP contribution in [0.4, 0.5) is 4.39 Å². The standard InChI is InChI=1S/C18H24FNO4/c1-4-23-17(21)13-9-20-10-14(18(22)24-5-2)16(13)12-7-6-8-15(19)11(12)3/h6-8,13-14,16,20H,4-5,9-10H2,1-3H3/t13-,14+,16+. The maximum Gasteiger partial charge on any atom is 0.310 e. The summed E-state index contributed by atoms with van der Waals surface area (Å²) in [4.78, 5) is 24.8. The topological polar surface area (TPSA) is 64.6 Å². The van der Waals surface area contributed by atoms with Crippen LogP contribution in [0.15, 0.2) is 18.2 Å². The van der Waals surface area contributed by atoms with E-state index in [4.69, 9.17) is 9.47 Å². The monoisotopic (exact) mass is 337 g/mol. The first-order valence-corrected chi connectivity index (χ1v) is 8.30. The fraction of sp³-hybridized carbons (Fsp3) is 0.556. The summed E-state index contributed by atoms with van der Waals surface area (Å²) in [5, 5.41) is 3.10. The Balaban J connectivity index is 2.46. The minimum absolute atomic E-state index is 0.258. The van der Waals surface area contributed by atoms with E-state index in [0.717, 1.165) is 0 Å². The number of halogens is 1. The van der Waals surface area contributed by atoms with E-state index in [9.17, 15) is 14.0 Å². The number of hydrogen-bond acceptors (Lipinski definition) is 5. The number of nitrogens with one attached hydrogen (secondary N) is 1. The van der Waals surface area contributed by atoms with Gasteiger partial charge in [-0.05, 0) is 38.0 Å². The molecule has 1 aliphatic heterocycles. The molecule has 3 atom stereocenters. The number of ether oxygens (including phenoxy) is 2. The number of esters is 2. The predicted molar refractivity (Wildman–Crippen MR) is 87.0 cm³/mol. The fourth-order valence-corrected chi connectivity index (χ4v) is 3.31. The van der Waals surface area contributed by atoms with Crippen LogP contribution in [0.1, 0.15) is 30.9 Å². The van der Waals surface area contributed by atoms with Crippen LogP contribution in [0.3, 0.4) is 0 Å². The molecule has 1 heterocycles. The second-order valence-corrected chi connectivity index (χ2v) is 5.86. The van der Waals surface area contributed by atoms with Crippen LogP contribution in [0.25, 0.3) is 0 Å². The molecule has 1 aliphatic rings. The van der Waals surface area contributed by atoms with Crippen LogP contribution in [-0.4, -0.2) is 38.2 Å². The fourth-order valence-electron chi connectivity index (χ4n) is 3.31. The van der Waals surface area contributed by atoms with Gasteiger partial charge in [-0.15, -0.1) is 0 Å². The highest BCUT2D eigenvalue weighted by atomic mass is 19.1. The van der Waals surface area contributed by atoms with Crippen molar-refractivity contribution in [2.24, 2.45) is 11.8 Å². The minimum atomic E-state index is -0.561. The normalized spacial score (nSPS) is 23.6. The Bertz CT molecular complexity index is 579. The van der Waals surface area contributed by atoms with Crippen molar-refractivity contribution in [3.63, 3.8) is 0 Å². The van der Waals surface area contributed by atoms with E-state index in [2.05, 4.69) is 5.32 Å². The van der Waals surface area contributed by atoms with E-state index in [1.165, 1.54) is 6.07 Å². The zero-order chi connectivity index (χ0) is 17.7. The summed E-state index contributed by atoms with van der Waals surface area (Å²) in [6.07, 6.45) is 0. The average molecular weight is 337 g/mol. The van der Waals surface area contributed by atoms with Crippen molar-refractivity contribution >= 4 is 11.9 Å². The molecule has 0 amide bonds. The molecule has 1 N–H and O–H groups in total. The molecule has 132 valence electrons. The van der Waals surface area contributed by atoms with Crippen LogP contribution < -0.4 is 5.32 Å². The maximum absolute atomic E-state index is 14.0. The van der Waals surface area contributed by atoms with E-state index in [1.54, 1.807) is 32.9 Å². The number of piperidine rings is 1. The van der Waals surface area contributed by atoms with E-state index in [1.807, 2.05) is 0 Å². The maximum atomic E-state index is 14.0. The van der Waals surface area contributed by atoms with Gasteiger partial charge in [0.25, 0.3) is 0 Å². The molecule has 2 rings (SSSR count). The molecule has 1 aromatic carbocycles. The number of benzene rings is 1. The summed E-state index contributed by atoms with van der Waals surface area (Å²) < 4.78 is 24.4. The lowest BCUT2D eigenvalue weighted by molar-refractivity contribution is -0.155. The zero-order valence-electron chi connectivity index (χ0n) is 14.3. The first-order chi connectivity index (χ1) is 11.5. The molecule has 6 heteroatoms. The van der Waals surface area contributed by atoms with E-state index in [0.29, 0.717) is 24.2 Å². The molecule has 0 unspecified atom stereocenters. The predicted octanol–water partition coefficient (Wildman–Crippen LogP) is 2.18. The highest BCUT2D eigenvalue weighted by Crippen LogP contribution is 2.38. The van der Waals surface area contributed by atoms with Gasteiger partial charge < -0.3 is 14.8 Å². The van der Waals surface area contributed by atoms with Crippen LogP contribution in [0.5, 0.6) is 0 Å². The molecule has 1 aromatic rings. The second kappa shape index (κ2) is 8.24. The second-order valence-electron chi connectivity index (χ2n) is 5.86. The largest absolute Gasteiger partial charge is 0.466 e. The first-order valence-electron chi connectivity index (χ1n) is 8.30. The number of rotatable bonds is 5. The molecule has 5 nitrogen and oxygen atoms in total. The summed E-state index contributed by atoms with van der Waals surface area (Å²) in [5.41, 5.74) is 1.11. The van der Waals surface area contributed by atoms with Gasteiger partial charge in [-0.3, -0.25) is 9.59 Å². The molecule has 0 aliphatic carbocycles. The summed E-state index contributed by atoms with van der Waals surface area (Å²) in [7, 11) is 0. The molecule has 24 heavy (non-hydrogen) atoms. The lowest BCUT2D eigenvalue weighted by Gasteiger charge is -2.37. The van der Waals surface area contributed by atoms with Crippen LogP contribution in [0, 0.1) is 24.6 Å². The van der Waals surface area contributed by atoms with Crippen LogP contribution in [-0.2, 0) is 19.1 Å². The van der Waals surface area contributed by atoms with E-state index in [-0.39, 0.29) is 31.0 Å². The third kappa shape index (κ3) is 3.75. The summed E-state index contributed by atoms with van der Waals surface area (Å²) in [5.74, 6) is -2.71. The summed E-state index contributed by atoms with van der Waals surface area (Å²) in [6, 6.07) is 4.75. The highest BCUT2D eigenvalue weighted by molar-refractivity contribution is 5.79. The van der Waals surface area contributed by atoms with Gasteiger partial charge in [-0.1, -0.05) is 12.1 Å². The molecule has 1 saturated heterocycles. The van der Waals surface area contributed by atoms with Gasteiger partial charge in [-0.2, -0.15) is 0 Å². The van der Waals surface area contributed by atoms with Crippen LogP contribution >= 0.6 is 0 Å². The van der Waals surface area contributed by atoms with Gasteiger partial charge in [0.05, 0.1) is 25.0 Å². The summed E-state index contributed by atoms with van der Waals surface area (Å²) in [6.45, 7) is 6.42. The van der Waals surface area contributed by atoms with Crippen molar-refractivity contribution in [2.75, 3.05) is 26.3 Å². The quantitative estimate of drug-likeness (QED) is 0.835. The first kappa shape index (κ1) is 18.4. The molecule has 0 spiro atoms. The van der Waals surface area contributed by atoms with Gasteiger partial charge >= 0.3 is 11.9 Å². The number of hydrogen-bond donors (Lipinski definition) is 1. The van der Waals surface area contributed by atoms with E-state index < -0.39 is 17.8 Å². The molecular weight excluding hydrogens is 313 g/mol. The molecule has 0 radical (unpaired) electrons. The van der Waals surface area contributed by atoms with Gasteiger partial charge in [0, 0.05) is 19.0 Å². The Labute approximate surface area is 141 Å². The SMILES string of the molecule is CCOC(=O)[C@H]1CNC[C@@H](C(=O)OCC)[C@@H]1c1cccc(F)c1C. The Morgan fingerprint density at radius 2 is 1.67 bits per heavy atom. The lowest BCUT2D eigenvalue weighted by Crippen LogP contribution is -2.49. The van der Waals surface area contributed by atoms with E-state index >= 15 is 0 Å². The van der Waals surface area contributed by atoms with Crippen molar-refractivity contribution < 1.29 is 23.5 Å². The Hall–Kier alpha value is -1.95. The molecular formula is C18H24FNO4. The van der Waals surface area contributed by atoms with Crippen molar-refractivity contribution in [3.8, 4) is 0 Å². The Kier molecular flexibility index (Phi) is 6.31. The van der Waals surface area contributed by atoms with Crippen molar-refractivity contribution in [1.82, 2.24) is 5.32 Å². The van der Waals surface area contributed by atoms with Crippen molar-refractivity contribution in [3.05, 3.63) is 35.1 Å². The summed E-state index contributed by atoms with van der Waals surface area (Å²) >= 11 is 0. The third-order valence-electron chi connectivity index (χ3n) is 4.44.